The van der Waals surface area contributed by atoms with Gasteiger partial charge < -0.3 is 19.8 Å². The van der Waals surface area contributed by atoms with Gasteiger partial charge in [-0.2, -0.15) is 5.26 Å². The number of rotatable bonds is 7. The number of pyridine rings is 1. The monoisotopic (exact) mass is 492 g/mol. The van der Waals surface area contributed by atoms with Crippen LogP contribution < -0.4 is 9.64 Å². The fraction of sp³-hybridized carbons (Fsp3) is 0.333. The average Bonchev–Trinajstić information content (AvgIpc) is 2.88. The maximum atomic E-state index is 11.3. The summed E-state index contributed by atoms with van der Waals surface area (Å²) in [6.45, 7) is 4.13. The lowest BCUT2D eigenvalue weighted by atomic mass is 9.94. The lowest BCUT2D eigenvalue weighted by molar-refractivity contribution is 0.00996. The number of aliphatic hydroxyl groups is 2. The first-order chi connectivity index (χ1) is 16.8. The molecule has 1 fully saturated rings. The van der Waals surface area contributed by atoms with E-state index in [9.17, 15) is 15.5 Å². The zero-order valence-electron chi connectivity index (χ0n) is 19.9. The number of anilines is 1. The van der Waals surface area contributed by atoms with Gasteiger partial charge in [-0.25, -0.2) is 0 Å². The number of halogens is 1. The van der Waals surface area contributed by atoms with E-state index in [4.69, 9.17) is 16.3 Å². The van der Waals surface area contributed by atoms with Gasteiger partial charge in [0.15, 0.2) is 0 Å². The van der Waals surface area contributed by atoms with Crippen LogP contribution in [0.25, 0.3) is 0 Å². The number of nitriles is 1. The van der Waals surface area contributed by atoms with Crippen LogP contribution in [0.5, 0.6) is 5.75 Å². The molecule has 0 amide bonds. The first kappa shape index (κ1) is 25.0. The van der Waals surface area contributed by atoms with E-state index in [-0.39, 0.29) is 12.6 Å². The number of benzene rings is 2. The van der Waals surface area contributed by atoms with Gasteiger partial charge in [0.2, 0.25) is 0 Å². The van der Waals surface area contributed by atoms with Crippen molar-refractivity contribution in [3.63, 3.8) is 0 Å². The molecule has 0 aliphatic carbocycles. The number of hydrogen-bond acceptors (Lipinski definition) is 7. The molecule has 182 valence electrons. The van der Waals surface area contributed by atoms with E-state index in [1.807, 2.05) is 30.3 Å². The van der Waals surface area contributed by atoms with Gasteiger partial charge in [0.25, 0.3) is 0 Å². The van der Waals surface area contributed by atoms with Gasteiger partial charge in [-0.05, 0) is 48.9 Å². The molecule has 35 heavy (non-hydrogen) atoms. The summed E-state index contributed by atoms with van der Waals surface area (Å²) in [7, 11) is 1.65. The van der Waals surface area contributed by atoms with Crippen LogP contribution in [0.3, 0.4) is 0 Å². The topological polar surface area (TPSA) is 92.8 Å². The summed E-state index contributed by atoms with van der Waals surface area (Å²) >= 11 is 6.60. The van der Waals surface area contributed by atoms with E-state index in [1.54, 1.807) is 38.4 Å². The van der Waals surface area contributed by atoms with Crippen molar-refractivity contribution in [1.29, 1.82) is 5.26 Å². The zero-order chi connectivity index (χ0) is 25.0. The highest BCUT2D eigenvalue weighted by Gasteiger charge is 2.34. The van der Waals surface area contributed by atoms with Crippen LogP contribution in [-0.4, -0.2) is 53.4 Å². The van der Waals surface area contributed by atoms with E-state index >= 15 is 0 Å². The standard InChI is InChI=1S/C27H29ClN4O3/c1-27(34,21-7-8-22(17-33)30-15-21)18-31-10-11-32(25-9-6-19(14-29)12-24(25)28)26(16-31)20-4-3-5-23(13-20)35-2/h3-9,12-13,15,26,33-34H,10-11,16-18H2,1-2H3/t26-,27+/m0/s1. The molecule has 1 saturated heterocycles. The van der Waals surface area contributed by atoms with E-state index in [0.29, 0.717) is 41.5 Å². The number of β-amino-alcohol motifs (C(OH)–C–C–N with tert-alkyl or cyclic N) is 1. The summed E-state index contributed by atoms with van der Waals surface area (Å²) in [5.74, 6) is 0.771. The van der Waals surface area contributed by atoms with E-state index < -0.39 is 5.60 Å². The molecule has 0 radical (unpaired) electrons. The molecule has 2 atom stereocenters. The summed E-state index contributed by atoms with van der Waals surface area (Å²) in [4.78, 5) is 8.71. The molecule has 0 bridgehead atoms. The Labute approximate surface area is 210 Å². The van der Waals surface area contributed by atoms with Gasteiger partial charge in [-0.3, -0.25) is 9.88 Å². The van der Waals surface area contributed by atoms with Gasteiger partial charge in [-0.1, -0.05) is 29.8 Å². The van der Waals surface area contributed by atoms with Gasteiger partial charge in [0, 0.05) is 37.9 Å². The third kappa shape index (κ3) is 5.58. The zero-order valence-corrected chi connectivity index (χ0v) is 20.6. The predicted molar refractivity (Wildman–Crippen MR) is 135 cm³/mol. The first-order valence-corrected chi connectivity index (χ1v) is 11.8. The predicted octanol–water partition coefficient (Wildman–Crippen LogP) is 3.88. The number of aromatic nitrogens is 1. The van der Waals surface area contributed by atoms with Crippen molar-refractivity contribution in [3.8, 4) is 11.8 Å². The van der Waals surface area contributed by atoms with Gasteiger partial charge in [0.1, 0.15) is 11.4 Å². The van der Waals surface area contributed by atoms with Crippen molar-refractivity contribution in [2.24, 2.45) is 0 Å². The lowest BCUT2D eigenvalue weighted by Crippen LogP contribution is -2.52. The molecule has 7 nitrogen and oxygen atoms in total. The quantitative estimate of drug-likeness (QED) is 0.517. The van der Waals surface area contributed by atoms with Crippen molar-refractivity contribution in [2.75, 3.05) is 38.2 Å². The Kier molecular flexibility index (Phi) is 7.58. The summed E-state index contributed by atoms with van der Waals surface area (Å²) in [5, 5.41) is 30.3. The highest BCUT2D eigenvalue weighted by atomic mass is 35.5. The van der Waals surface area contributed by atoms with Gasteiger partial charge in [0.05, 0.1) is 47.8 Å². The number of aliphatic hydroxyl groups excluding tert-OH is 1. The number of methoxy groups -OCH3 is 1. The summed E-state index contributed by atoms with van der Waals surface area (Å²) in [6, 6.07) is 19.0. The Bertz CT molecular complexity index is 1210. The van der Waals surface area contributed by atoms with Crippen LogP contribution in [-0.2, 0) is 12.2 Å². The third-order valence-electron chi connectivity index (χ3n) is 6.47. The van der Waals surface area contributed by atoms with Crippen LogP contribution in [0, 0.1) is 11.3 Å². The Hall–Kier alpha value is -3.15. The molecular weight excluding hydrogens is 464 g/mol. The van der Waals surface area contributed by atoms with Crippen LogP contribution >= 0.6 is 11.6 Å². The van der Waals surface area contributed by atoms with Crippen LogP contribution in [0.15, 0.2) is 60.8 Å². The fourth-order valence-corrected chi connectivity index (χ4v) is 4.87. The molecule has 2 heterocycles. The number of nitrogens with zero attached hydrogens (tertiary/aromatic N) is 4. The minimum Gasteiger partial charge on any atom is -0.497 e. The summed E-state index contributed by atoms with van der Waals surface area (Å²) < 4.78 is 5.47. The molecule has 1 aliphatic rings. The van der Waals surface area contributed by atoms with Crippen LogP contribution in [0.1, 0.15) is 35.3 Å². The highest BCUT2D eigenvalue weighted by Crippen LogP contribution is 2.37. The average molecular weight is 493 g/mol. The number of piperazine rings is 1. The second kappa shape index (κ2) is 10.6. The third-order valence-corrected chi connectivity index (χ3v) is 6.77. The lowest BCUT2D eigenvalue weighted by Gasteiger charge is -2.45. The molecule has 3 aromatic rings. The minimum absolute atomic E-state index is 0.0463. The van der Waals surface area contributed by atoms with Crippen molar-refractivity contribution in [2.45, 2.75) is 25.2 Å². The van der Waals surface area contributed by atoms with E-state index in [2.05, 4.69) is 26.9 Å². The Morgan fingerprint density at radius 2 is 2.03 bits per heavy atom. The van der Waals surface area contributed by atoms with Crippen molar-refractivity contribution >= 4 is 17.3 Å². The number of hydrogen-bond donors (Lipinski definition) is 2. The summed E-state index contributed by atoms with van der Waals surface area (Å²) in [5.41, 5.74) is 2.61. The molecule has 2 aromatic carbocycles. The molecule has 1 aromatic heterocycles. The molecule has 2 N–H and O–H groups in total. The SMILES string of the molecule is COc1cccc([C@@H]2CN(C[C@@](C)(O)c3ccc(CO)nc3)CCN2c2ccc(C#N)cc2Cl)c1. The number of ether oxygens (including phenoxy) is 1. The maximum Gasteiger partial charge on any atom is 0.119 e. The van der Waals surface area contributed by atoms with Gasteiger partial charge in [-0.15, -0.1) is 0 Å². The molecular formula is C27H29ClN4O3. The molecule has 1 aliphatic heterocycles. The Morgan fingerprint density at radius 3 is 2.69 bits per heavy atom. The highest BCUT2D eigenvalue weighted by molar-refractivity contribution is 6.33. The Balaban J connectivity index is 1.62. The van der Waals surface area contributed by atoms with Crippen LogP contribution in [0.2, 0.25) is 5.02 Å². The van der Waals surface area contributed by atoms with E-state index in [0.717, 1.165) is 23.5 Å². The molecule has 0 unspecified atom stereocenters. The fourth-order valence-electron chi connectivity index (χ4n) is 4.58. The normalized spacial score (nSPS) is 18.1. The summed E-state index contributed by atoms with van der Waals surface area (Å²) in [6.07, 6.45) is 1.62. The largest absolute Gasteiger partial charge is 0.497 e. The second-order valence-corrected chi connectivity index (χ2v) is 9.38. The molecule has 0 saturated carbocycles. The minimum atomic E-state index is -1.12. The molecule has 4 rings (SSSR count). The second-order valence-electron chi connectivity index (χ2n) is 8.97. The molecule has 0 spiro atoms. The maximum absolute atomic E-state index is 11.3. The smallest absolute Gasteiger partial charge is 0.119 e. The van der Waals surface area contributed by atoms with Crippen molar-refractivity contribution in [1.82, 2.24) is 9.88 Å². The van der Waals surface area contributed by atoms with Crippen molar-refractivity contribution < 1.29 is 14.9 Å². The Morgan fingerprint density at radius 1 is 1.20 bits per heavy atom. The van der Waals surface area contributed by atoms with Crippen LogP contribution in [0.4, 0.5) is 5.69 Å². The van der Waals surface area contributed by atoms with Gasteiger partial charge >= 0.3 is 0 Å². The van der Waals surface area contributed by atoms with Crippen molar-refractivity contribution in [3.05, 3.63) is 88.2 Å². The molecule has 8 heteroatoms. The first-order valence-electron chi connectivity index (χ1n) is 11.5. The van der Waals surface area contributed by atoms with E-state index in [1.165, 1.54) is 0 Å².